The van der Waals surface area contributed by atoms with Crippen LogP contribution in [0.2, 0.25) is 0 Å². The molecule has 0 radical (unpaired) electrons. The van der Waals surface area contributed by atoms with Crippen molar-refractivity contribution in [1.29, 1.82) is 0 Å². The lowest BCUT2D eigenvalue weighted by Crippen LogP contribution is -2.32. The third kappa shape index (κ3) is 3.53. The quantitative estimate of drug-likeness (QED) is 0.612. The van der Waals surface area contributed by atoms with Gasteiger partial charge in [-0.3, -0.25) is 14.9 Å². The summed E-state index contributed by atoms with van der Waals surface area (Å²) in [6.07, 6.45) is -0.0215. The van der Waals surface area contributed by atoms with Gasteiger partial charge in [-0.1, -0.05) is 6.92 Å². The number of nitro benzene ring substituents is 1. The van der Waals surface area contributed by atoms with Crippen molar-refractivity contribution in [2.75, 3.05) is 6.54 Å². The van der Waals surface area contributed by atoms with Crippen molar-refractivity contribution in [2.45, 2.75) is 26.4 Å². The number of carbonyl (C=O) groups excluding carboxylic acids is 1. The molecule has 0 fully saturated rings. The van der Waals surface area contributed by atoms with Crippen LogP contribution in [0, 0.1) is 17.0 Å². The zero-order valence-corrected chi connectivity index (χ0v) is 10.3. The van der Waals surface area contributed by atoms with Crippen molar-refractivity contribution in [1.82, 2.24) is 5.32 Å². The van der Waals surface area contributed by atoms with Crippen LogP contribution < -0.4 is 5.32 Å². The van der Waals surface area contributed by atoms with E-state index in [1.54, 1.807) is 6.92 Å². The monoisotopic (exact) mass is 252 g/mol. The molecule has 0 aliphatic rings. The second kappa shape index (κ2) is 6.11. The number of benzene rings is 1. The summed E-state index contributed by atoms with van der Waals surface area (Å²) in [6, 6.07) is 4.06. The summed E-state index contributed by atoms with van der Waals surface area (Å²) < 4.78 is 0. The molecule has 0 heterocycles. The number of non-ortho nitro benzene ring substituents is 1. The minimum absolute atomic E-state index is 0.0438. The highest BCUT2D eigenvalue weighted by Gasteiger charge is 2.13. The number of hydrogen-bond donors (Lipinski definition) is 2. The van der Waals surface area contributed by atoms with E-state index in [4.69, 9.17) is 0 Å². The van der Waals surface area contributed by atoms with E-state index in [2.05, 4.69) is 5.32 Å². The first-order valence-corrected chi connectivity index (χ1v) is 5.67. The third-order valence-corrected chi connectivity index (χ3v) is 2.63. The minimum atomic E-state index is -0.577. The minimum Gasteiger partial charge on any atom is -0.391 e. The number of nitro groups is 1. The number of amides is 1. The van der Waals surface area contributed by atoms with E-state index >= 15 is 0 Å². The van der Waals surface area contributed by atoms with E-state index in [1.165, 1.54) is 18.2 Å². The maximum atomic E-state index is 11.8. The van der Waals surface area contributed by atoms with Gasteiger partial charge in [0.05, 0.1) is 11.0 Å². The SMILES string of the molecule is CCC(O)CNC(=O)c1ccc([N+](=O)[O-])cc1C. The Bertz CT molecular complexity index is 459. The molecule has 6 heteroatoms. The predicted octanol–water partition coefficient (Wildman–Crippen LogP) is 1.40. The number of aliphatic hydroxyl groups is 1. The second-order valence-electron chi connectivity index (χ2n) is 4.03. The number of nitrogens with one attached hydrogen (secondary N) is 1. The van der Waals surface area contributed by atoms with Gasteiger partial charge in [0.1, 0.15) is 0 Å². The van der Waals surface area contributed by atoms with Gasteiger partial charge in [-0.2, -0.15) is 0 Å². The van der Waals surface area contributed by atoms with Crippen LogP contribution in [0.1, 0.15) is 29.3 Å². The Balaban J connectivity index is 2.78. The van der Waals surface area contributed by atoms with Crippen LogP contribution in [-0.4, -0.2) is 28.6 Å². The van der Waals surface area contributed by atoms with E-state index in [1.807, 2.05) is 6.92 Å². The maximum Gasteiger partial charge on any atom is 0.269 e. The first kappa shape index (κ1) is 14.1. The number of carbonyl (C=O) groups is 1. The van der Waals surface area contributed by atoms with Crippen LogP contribution in [-0.2, 0) is 0 Å². The van der Waals surface area contributed by atoms with E-state index < -0.39 is 11.0 Å². The van der Waals surface area contributed by atoms with Crippen LogP contribution in [0.5, 0.6) is 0 Å². The number of nitrogens with zero attached hydrogens (tertiary/aromatic N) is 1. The Hall–Kier alpha value is -1.95. The number of aryl methyl sites for hydroxylation is 1. The first-order valence-electron chi connectivity index (χ1n) is 5.67. The highest BCUT2D eigenvalue weighted by molar-refractivity contribution is 5.95. The van der Waals surface area contributed by atoms with Crippen molar-refractivity contribution in [3.05, 3.63) is 39.4 Å². The average molecular weight is 252 g/mol. The van der Waals surface area contributed by atoms with Gasteiger partial charge in [0, 0.05) is 24.2 Å². The normalized spacial score (nSPS) is 11.9. The van der Waals surface area contributed by atoms with Crippen LogP contribution >= 0.6 is 0 Å². The highest BCUT2D eigenvalue weighted by atomic mass is 16.6. The Morgan fingerprint density at radius 2 is 2.22 bits per heavy atom. The van der Waals surface area contributed by atoms with Crippen LogP contribution in [0.25, 0.3) is 0 Å². The predicted molar refractivity (Wildman–Crippen MR) is 66.5 cm³/mol. The lowest BCUT2D eigenvalue weighted by molar-refractivity contribution is -0.384. The fourth-order valence-corrected chi connectivity index (χ4v) is 1.47. The molecule has 1 aromatic rings. The van der Waals surface area contributed by atoms with Crippen molar-refractivity contribution in [3.63, 3.8) is 0 Å². The molecular formula is C12H16N2O4. The molecule has 0 aliphatic carbocycles. The van der Waals surface area contributed by atoms with Crippen LogP contribution in [0.15, 0.2) is 18.2 Å². The van der Waals surface area contributed by atoms with Gasteiger partial charge in [-0.15, -0.1) is 0 Å². The number of rotatable bonds is 5. The number of aliphatic hydroxyl groups excluding tert-OH is 1. The zero-order chi connectivity index (χ0) is 13.7. The van der Waals surface area contributed by atoms with Crippen LogP contribution in [0.3, 0.4) is 0 Å². The smallest absolute Gasteiger partial charge is 0.269 e. The average Bonchev–Trinajstić information content (AvgIpc) is 2.35. The van der Waals surface area contributed by atoms with Crippen molar-refractivity contribution in [2.24, 2.45) is 0 Å². The molecule has 6 nitrogen and oxygen atoms in total. The highest BCUT2D eigenvalue weighted by Crippen LogP contribution is 2.16. The standard InChI is InChI=1S/C12H16N2O4/c1-3-10(15)7-13-12(16)11-5-4-9(14(17)18)6-8(11)2/h4-6,10,15H,3,7H2,1-2H3,(H,13,16). The van der Waals surface area contributed by atoms with Crippen molar-refractivity contribution >= 4 is 11.6 Å². The van der Waals surface area contributed by atoms with Gasteiger partial charge < -0.3 is 10.4 Å². The fraction of sp³-hybridized carbons (Fsp3) is 0.417. The summed E-state index contributed by atoms with van der Waals surface area (Å²) in [4.78, 5) is 21.8. The van der Waals surface area contributed by atoms with Crippen molar-refractivity contribution in [3.8, 4) is 0 Å². The molecule has 0 saturated carbocycles. The Kier molecular flexibility index (Phi) is 4.79. The zero-order valence-electron chi connectivity index (χ0n) is 10.3. The van der Waals surface area contributed by atoms with E-state index in [0.29, 0.717) is 17.5 Å². The molecule has 0 aliphatic heterocycles. The molecule has 0 aromatic heterocycles. The first-order chi connectivity index (χ1) is 8.45. The molecular weight excluding hydrogens is 236 g/mol. The Labute approximate surface area is 105 Å². The van der Waals surface area contributed by atoms with Gasteiger partial charge >= 0.3 is 0 Å². The lowest BCUT2D eigenvalue weighted by atomic mass is 10.1. The van der Waals surface area contributed by atoms with Gasteiger partial charge in [0.15, 0.2) is 0 Å². The third-order valence-electron chi connectivity index (χ3n) is 2.63. The molecule has 0 bridgehead atoms. The second-order valence-corrected chi connectivity index (χ2v) is 4.03. The van der Waals surface area contributed by atoms with Gasteiger partial charge in [0.2, 0.25) is 0 Å². The molecule has 2 N–H and O–H groups in total. The molecule has 1 unspecified atom stereocenters. The number of hydrogen-bond acceptors (Lipinski definition) is 4. The van der Waals surface area contributed by atoms with Crippen molar-refractivity contribution < 1.29 is 14.8 Å². The molecule has 18 heavy (non-hydrogen) atoms. The van der Waals surface area contributed by atoms with E-state index in [0.717, 1.165) is 0 Å². The molecule has 1 rings (SSSR count). The fourth-order valence-electron chi connectivity index (χ4n) is 1.47. The molecule has 0 spiro atoms. The lowest BCUT2D eigenvalue weighted by Gasteiger charge is -2.10. The molecule has 98 valence electrons. The van der Waals surface area contributed by atoms with Gasteiger partial charge in [0.25, 0.3) is 11.6 Å². The molecule has 0 saturated heterocycles. The van der Waals surface area contributed by atoms with Crippen LogP contribution in [0.4, 0.5) is 5.69 Å². The summed E-state index contributed by atoms with van der Waals surface area (Å²) in [6.45, 7) is 3.62. The van der Waals surface area contributed by atoms with Gasteiger partial charge in [-0.25, -0.2) is 0 Å². The molecule has 1 amide bonds. The Morgan fingerprint density at radius 1 is 1.56 bits per heavy atom. The Morgan fingerprint density at radius 3 is 2.72 bits per heavy atom. The summed E-state index contributed by atoms with van der Waals surface area (Å²) in [5.41, 5.74) is 0.870. The largest absolute Gasteiger partial charge is 0.391 e. The van der Waals surface area contributed by atoms with Gasteiger partial charge in [-0.05, 0) is 25.0 Å². The topological polar surface area (TPSA) is 92.5 Å². The summed E-state index contributed by atoms with van der Waals surface area (Å²) in [5.74, 6) is -0.338. The molecule has 1 aromatic carbocycles. The summed E-state index contributed by atoms with van der Waals surface area (Å²) in [5, 5.41) is 22.5. The molecule has 1 atom stereocenters. The maximum absolute atomic E-state index is 11.8. The van der Waals surface area contributed by atoms with E-state index in [9.17, 15) is 20.0 Å². The summed E-state index contributed by atoms with van der Waals surface area (Å²) in [7, 11) is 0. The van der Waals surface area contributed by atoms with E-state index in [-0.39, 0.29) is 18.1 Å². The summed E-state index contributed by atoms with van der Waals surface area (Å²) >= 11 is 0.